The Balaban J connectivity index is 1.25. The number of hydrogen-bond donors (Lipinski definition) is 1. The number of aromatic nitrogens is 3. The van der Waals surface area contributed by atoms with Gasteiger partial charge in [0, 0.05) is 37.4 Å². The number of amides is 1. The van der Waals surface area contributed by atoms with Crippen molar-refractivity contribution < 1.29 is 9.53 Å². The lowest BCUT2D eigenvalue weighted by Crippen LogP contribution is -2.48. The third kappa shape index (κ3) is 4.79. The summed E-state index contributed by atoms with van der Waals surface area (Å²) < 4.78 is 5.24. The Bertz CT molecular complexity index is 1300. The maximum Gasteiger partial charge on any atom is 0.274 e. The smallest absolute Gasteiger partial charge is 0.274 e. The Kier molecular flexibility index (Phi) is 6.55. The fourth-order valence-electron chi connectivity index (χ4n) is 4.32. The molecule has 1 aliphatic heterocycles. The van der Waals surface area contributed by atoms with Crippen LogP contribution in [0.5, 0.6) is 5.75 Å². The molecule has 0 atom stereocenters. The molecular formula is C27H29N5O2S. The standard InChI is InChI=1S/C27H29N5O2S/c1-4-19-5-7-20(8-6-19)26-28-18(2)25(35-26)23-17-24(30-29-23)27(33)32-15-13-31(14-16-32)21-9-11-22(34-3)12-10-21/h5-12,17H,4,13-16H2,1-3H3,(H,29,30). The van der Waals surface area contributed by atoms with E-state index in [4.69, 9.17) is 9.72 Å². The number of methoxy groups -OCH3 is 1. The number of carbonyl (C=O) groups is 1. The maximum absolute atomic E-state index is 13.1. The van der Waals surface area contributed by atoms with Crippen LogP contribution in [0.1, 0.15) is 28.7 Å². The molecular weight excluding hydrogens is 458 g/mol. The topological polar surface area (TPSA) is 74.3 Å². The van der Waals surface area contributed by atoms with Crippen molar-refractivity contribution in [3.8, 4) is 26.9 Å². The van der Waals surface area contributed by atoms with Gasteiger partial charge in [-0.15, -0.1) is 11.3 Å². The zero-order chi connectivity index (χ0) is 24.4. The van der Waals surface area contributed by atoms with E-state index < -0.39 is 0 Å². The number of benzene rings is 2. The SMILES string of the molecule is CCc1ccc(-c2nc(C)c(-c3cc(C(=O)N4CCN(c5ccc(OC)cc5)CC4)n[nH]3)s2)cc1. The largest absolute Gasteiger partial charge is 0.497 e. The molecule has 5 rings (SSSR count). The van der Waals surface area contributed by atoms with Gasteiger partial charge in [-0.05, 0) is 49.2 Å². The molecule has 2 aromatic heterocycles. The number of rotatable bonds is 6. The molecule has 1 fully saturated rings. The zero-order valence-electron chi connectivity index (χ0n) is 20.2. The van der Waals surface area contributed by atoms with E-state index >= 15 is 0 Å². The van der Waals surface area contributed by atoms with Crippen molar-refractivity contribution >= 4 is 22.9 Å². The van der Waals surface area contributed by atoms with E-state index in [-0.39, 0.29) is 5.91 Å². The molecule has 0 bridgehead atoms. The summed E-state index contributed by atoms with van der Waals surface area (Å²) in [7, 11) is 1.67. The van der Waals surface area contributed by atoms with Crippen molar-refractivity contribution in [2.24, 2.45) is 0 Å². The minimum Gasteiger partial charge on any atom is -0.497 e. The monoisotopic (exact) mass is 487 g/mol. The molecule has 35 heavy (non-hydrogen) atoms. The Labute approximate surface area is 209 Å². The number of nitrogens with one attached hydrogen (secondary N) is 1. The van der Waals surface area contributed by atoms with Gasteiger partial charge in [-0.2, -0.15) is 5.10 Å². The van der Waals surface area contributed by atoms with Gasteiger partial charge >= 0.3 is 0 Å². The Morgan fingerprint density at radius 2 is 1.77 bits per heavy atom. The number of carbonyl (C=O) groups excluding carboxylic acids is 1. The fraction of sp³-hybridized carbons (Fsp3) is 0.296. The third-order valence-electron chi connectivity index (χ3n) is 6.45. The van der Waals surface area contributed by atoms with E-state index in [2.05, 4.69) is 58.4 Å². The predicted molar refractivity (Wildman–Crippen MR) is 140 cm³/mol. The molecule has 8 heteroatoms. The second-order valence-electron chi connectivity index (χ2n) is 8.63. The average molecular weight is 488 g/mol. The van der Waals surface area contributed by atoms with Gasteiger partial charge < -0.3 is 14.5 Å². The minimum atomic E-state index is -0.0422. The lowest BCUT2D eigenvalue weighted by molar-refractivity contribution is 0.0741. The summed E-state index contributed by atoms with van der Waals surface area (Å²) in [5, 5.41) is 8.38. The van der Waals surface area contributed by atoms with Gasteiger partial charge in [0.25, 0.3) is 5.91 Å². The first-order valence-electron chi connectivity index (χ1n) is 11.9. The number of H-pyrrole nitrogens is 1. The van der Waals surface area contributed by atoms with Crippen LogP contribution in [0, 0.1) is 6.92 Å². The second-order valence-corrected chi connectivity index (χ2v) is 9.63. The number of piperazine rings is 1. The molecule has 180 valence electrons. The summed E-state index contributed by atoms with van der Waals surface area (Å²) in [6.07, 6.45) is 1.02. The molecule has 1 saturated heterocycles. The van der Waals surface area contributed by atoms with Crippen LogP contribution in [0.2, 0.25) is 0 Å². The summed E-state index contributed by atoms with van der Waals surface area (Å²) in [4.78, 5) is 23.1. The van der Waals surface area contributed by atoms with Crippen LogP contribution in [0.25, 0.3) is 21.1 Å². The highest BCUT2D eigenvalue weighted by Crippen LogP contribution is 2.34. The molecule has 0 radical (unpaired) electrons. The summed E-state index contributed by atoms with van der Waals surface area (Å²) in [6.45, 7) is 7.02. The van der Waals surface area contributed by atoms with E-state index in [1.165, 1.54) is 5.56 Å². The third-order valence-corrected chi connectivity index (χ3v) is 7.69. The van der Waals surface area contributed by atoms with Gasteiger partial charge in [-0.3, -0.25) is 9.89 Å². The van der Waals surface area contributed by atoms with E-state index in [0.29, 0.717) is 18.8 Å². The molecule has 0 spiro atoms. The number of ether oxygens (including phenoxy) is 1. The highest BCUT2D eigenvalue weighted by Gasteiger charge is 2.25. The molecule has 0 unspecified atom stereocenters. The van der Waals surface area contributed by atoms with Crippen molar-refractivity contribution in [3.05, 3.63) is 71.5 Å². The first kappa shape index (κ1) is 23.1. The van der Waals surface area contributed by atoms with Crippen LogP contribution in [-0.4, -0.2) is 59.3 Å². The lowest BCUT2D eigenvalue weighted by atomic mass is 10.1. The first-order valence-corrected chi connectivity index (χ1v) is 12.7. The number of aromatic amines is 1. The van der Waals surface area contributed by atoms with Gasteiger partial charge in [0.2, 0.25) is 0 Å². The Morgan fingerprint density at radius 3 is 2.43 bits per heavy atom. The van der Waals surface area contributed by atoms with Crippen LogP contribution in [0.15, 0.2) is 54.6 Å². The minimum absolute atomic E-state index is 0.0422. The molecule has 7 nitrogen and oxygen atoms in total. The number of thiazole rings is 1. The van der Waals surface area contributed by atoms with Crippen LogP contribution in [-0.2, 0) is 6.42 Å². The Morgan fingerprint density at radius 1 is 1.06 bits per heavy atom. The number of nitrogens with zero attached hydrogens (tertiary/aromatic N) is 4. The summed E-state index contributed by atoms with van der Waals surface area (Å²) >= 11 is 1.62. The van der Waals surface area contributed by atoms with Gasteiger partial charge in [0.1, 0.15) is 10.8 Å². The van der Waals surface area contributed by atoms with Crippen molar-refractivity contribution in [3.63, 3.8) is 0 Å². The van der Waals surface area contributed by atoms with Crippen molar-refractivity contribution in [2.75, 3.05) is 38.2 Å². The van der Waals surface area contributed by atoms with Crippen molar-refractivity contribution in [1.29, 1.82) is 0 Å². The van der Waals surface area contributed by atoms with Crippen molar-refractivity contribution in [2.45, 2.75) is 20.3 Å². The van der Waals surface area contributed by atoms with E-state index in [0.717, 1.165) is 57.8 Å². The average Bonchev–Trinajstić information content (AvgIpc) is 3.55. The summed E-state index contributed by atoms with van der Waals surface area (Å²) in [5.41, 5.74) is 5.76. The molecule has 1 aliphatic rings. The summed E-state index contributed by atoms with van der Waals surface area (Å²) in [6, 6.07) is 18.4. The molecule has 4 aromatic rings. The first-order chi connectivity index (χ1) is 17.1. The van der Waals surface area contributed by atoms with E-state index in [1.54, 1.807) is 18.4 Å². The second kappa shape index (κ2) is 9.92. The molecule has 3 heterocycles. The highest BCUT2D eigenvalue weighted by molar-refractivity contribution is 7.18. The zero-order valence-corrected chi connectivity index (χ0v) is 21.1. The lowest BCUT2D eigenvalue weighted by Gasteiger charge is -2.35. The van der Waals surface area contributed by atoms with Crippen LogP contribution >= 0.6 is 11.3 Å². The van der Waals surface area contributed by atoms with Crippen LogP contribution in [0.4, 0.5) is 5.69 Å². The molecule has 1 amide bonds. The van der Waals surface area contributed by atoms with Crippen molar-refractivity contribution in [1.82, 2.24) is 20.1 Å². The van der Waals surface area contributed by atoms with Crippen LogP contribution < -0.4 is 9.64 Å². The molecule has 1 N–H and O–H groups in total. The fourth-order valence-corrected chi connectivity index (χ4v) is 5.36. The van der Waals surface area contributed by atoms with Gasteiger partial charge in [0.15, 0.2) is 5.69 Å². The number of aryl methyl sites for hydroxylation is 2. The van der Waals surface area contributed by atoms with Gasteiger partial charge in [0.05, 0.1) is 23.4 Å². The van der Waals surface area contributed by atoms with E-state index in [1.807, 2.05) is 30.0 Å². The maximum atomic E-state index is 13.1. The summed E-state index contributed by atoms with van der Waals surface area (Å²) in [5.74, 6) is 0.800. The number of hydrogen-bond acceptors (Lipinski definition) is 6. The van der Waals surface area contributed by atoms with Gasteiger partial charge in [-0.25, -0.2) is 4.98 Å². The normalized spacial score (nSPS) is 13.8. The Hall–Kier alpha value is -3.65. The van der Waals surface area contributed by atoms with Crippen LogP contribution in [0.3, 0.4) is 0 Å². The quantitative estimate of drug-likeness (QED) is 0.412. The predicted octanol–water partition coefficient (Wildman–Crippen LogP) is 5.04. The molecule has 0 aliphatic carbocycles. The highest BCUT2D eigenvalue weighted by atomic mass is 32.1. The van der Waals surface area contributed by atoms with Gasteiger partial charge in [-0.1, -0.05) is 31.2 Å². The molecule has 0 saturated carbocycles. The number of anilines is 1. The van der Waals surface area contributed by atoms with E-state index in [9.17, 15) is 4.79 Å². The molecule has 2 aromatic carbocycles.